The first-order chi connectivity index (χ1) is 7.06. The predicted octanol–water partition coefficient (Wildman–Crippen LogP) is 4.21. The van der Waals surface area contributed by atoms with Crippen molar-refractivity contribution in [3.8, 4) is 0 Å². The van der Waals surface area contributed by atoms with Gasteiger partial charge in [-0.25, -0.2) is 0 Å². The van der Waals surface area contributed by atoms with E-state index in [1.807, 2.05) is 0 Å². The highest BCUT2D eigenvalue weighted by Gasteiger charge is 1.91. The minimum Gasteiger partial charge on any atom is -0.298 e. The van der Waals surface area contributed by atoms with Crippen molar-refractivity contribution in [1.82, 2.24) is 0 Å². The van der Waals surface area contributed by atoms with E-state index < -0.39 is 0 Å². The molecule has 0 saturated heterocycles. The van der Waals surface area contributed by atoms with Gasteiger partial charge in [0, 0.05) is 0 Å². The minimum atomic E-state index is 0.684. The summed E-state index contributed by atoms with van der Waals surface area (Å²) in [6.07, 6.45) is 9.22. The van der Waals surface area contributed by atoms with E-state index in [2.05, 4.69) is 39.5 Å². The maximum absolute atomic E-state index is 10.3. The molecule has 0 spiro atoms. The van der Waals surface area contributed by atoms with Gasteiger partial charge in [-0.3, -0.25) is 4.79 Å². The minimum absolute atomic E-state index is 0.684. The van der Waals surface area contributed by atoms with E-state index in [9.17, 15) is 4.79 Å². The molecule has 0 atom stereocenters. The number of hydrogen-bond donors (Lipinski definition) is 0. The summed E-state index contributed by atoms with van der Waals surface area (Å²) in [6.45, 7) is 10.0. The molecule has 1 nitrogen and oxygen atoms in total. The van der Waals surface area contributed by atoms with Crippen LogP contribution in [0.3, 0.4) is 0 Å². The number of hydrogen-bond acceptors (Lipinski definition) is 1. The fourth-order valence-electron chi connectivity index (χ4n) is 1.25. The van der Waals surface area contributed by atoms with Gasteiger partial charge in [0.15, 0.2) is 0 Å². The van der Waals surface area contributed by atoms with Crippen LogP contribution in [0.15, 0.2) is 35.5 Å². The summed E-state index contributed by atoms with van der Waals surface area (Å²) in [4.78, 5) is 10.3. The smallest absolute Gasteiger partial charge is 0.145 e. The molecule has 0 amide bonds. The third-order valence-corrected chi connectivity index (χ3v) is 2.22. The Balaban J connectivity index is 3.74. The Bertz CT molecular complexity index is 265. The molecule has 0 radical (unpaired) electrons. The Kier molecular flexibility index (Phi) is 7.61. The highest BCUT2D eigenvalue weighted by Crippen LogP contribution is 2.09. The van der Waals surface area contributed by atoms with E-state index in [0.29, 0.717) is 5.57 Å². The van der Waals surface area contributed by atoms with Crippen molar-refractivity contribution < 1.29 is 4.79 Å². The zero-order chi connectivity index (χ0) is 11.7. The van der Waals surface area contributed by atoms with Crippen LogP contribution < -0.4 is 0 Å². The van der Waals surface area contributed by atoms with Crippen LogP contribution in [0.25, 0.3) is 0 Å². The Hall–Kier alpha value is -1.11. The number of carbonyl (C=O) groups excluding carboxylic acids is 1. The predicted molar refractivity (Wildman–Crippen MR) is 66.9 cm³/mol. The van der Waals surface area contributed by atoms with Crippen molar-refractivity contribution in [3.63, 3.8) is 0 Å². The van der Waals surface area contributed by atoms with Gasteiger partial charge in [0.05, 0.1) is 0 Å². The average Bonchev–Trinajstić information content (AvgIpc) is 2.17. The lowest BCUT2D eigenvalue weighted by atomic mass is 10.1. The molecular formula is C14H22O. The lowest BCUT2D eigenvalue weighted by Gasteiger charge is -1.99. The standard InChI is InChI=1S/C14H22O/c1-12(2)7-5-8-13(3)9-6-10-14(4)11-15/h7,9,11H,4-6,8,10H2,1-3H3/b13-9+. The largest absolute Gasteiger partial charge is 0.298 e. The van der Waals surface area contributed by atoms with E-state index in [-0.39, 0.29) is 0 Å². The molecule has 1 heteroatoms. The molecule has 15 heavy (non-hydrogen) atoms. The molecule has 0 aromatic heterocycles. The van der Waals surface area contributed by atoms with Gasteiger partial charge in [-0.1, -0.05) is 29.9 Å². The summed E-state index contributed by atoms with van der Waals surface area (Å²) in [6, 6.07) is 0. The van der Waals surface area contributed by atoms with Gasteiger partial charge in [-0.15, -0.1) is 0 Å². The first kappa shape index (κ1) is 13.9. The molecule has 0 rings (SSSR count). The fraction of sp³-hybridized carbons (Fsp3) is 0.500. The lowest BCUT2D eigenvalue weighted by Crippen LogP contribution is -1.82. The van der Waals surface area contributed by atoms with Crippen molar-refractivity contribution in [2.75, 3.05) is 0 Å². The maximum Gasteiger partial charge on any atom is 0.145 e. The van der Waals surface area contributed by atoms with Crippen LogP contribution in [-0.2, 0) is 4.79 Å². The molecule has 0 bridgehead atoms. The van der Waals surface area contributed by atoms with E-state index in [1.165, 1.54) is 11.1 Å². The molecule has 0 aliphatic carbocycles. The zero-order valence-corrected chi connectivity index (χ0v) is 10.2. The number of carbonyl (C=O) groups is 1. The van der Waals surface area contributed by atoms with E-state index >= 15 is 0 Å². The van der Waals surface area contributed by atoms with Crippen molar-refractivity contribution in [2.45, 2.75) is 46.5 Å². The van der Waals surface area contributed by atoms with E-state index in [4.69, 9.17) is 0 Å². The second kappa shape index (κ2) is 8.22. The van der Waals surface area contributed by atoms with E-state index in [1.54, 1.807) is 0 Å². The Morgan fingerprint density at radius 1 is 1.07 bits per heavy atom. The summed E-state index contributed by atoms with van der Waals surface area (Å²) in [5.41, 5.74) is 3.45. The molecule has 0 saturated carbocycles. The molecule has 84 valence electrons. The third-order valence-electron chi connectivity index (χ3n) is 2.22. The normalized spacial score (nSPS) is 11.0. The summed E-state index contributed by atoms with van der Waals surface area (Å²) in [5.74, 6) is 0. The summed E-state index contributed by atoms with van der Waals surface area (Å²) < 4.78 is 0. The van der Waals surface area contributed by atoms with Crippen LogP contribution >= 0.6 is 0 Å². The van der Waals surface area contributed by atoms with Crippen LogP contribution in [0.1, 0.15) is 46.5 Å². The van der Waals surface area contributed by atoms with Crippen molar-refractivity contribution in [3.05, 3.63) is 35.5 Å². The second-order valence-electron chi connectivity index (χ2n) is 4.19. The third kappa shape index (κ3) is 9.20. The fourth-order valence-corrected chi connectivity index (χ4v) is 1.25. The maximum atomic E-state index is 10.3. The molecular weight excluding hydrogens is 184 g/mol. The quantitative estimate of drug-likeness (QED) is 0.346. The Labute approximate surface area is 93.6 Å². The van der Waals surface area contributed by atoms with Crippen LogP contribution in [0.2, 0.25) is 0 Å². The average molecular weight is 206 g/mol. The van der Waals surface area contributed by atoms with Crippen molar-refractivity contribution >= 4 is 6.29 Å². The highest BCUT2D eigenvalue weighted by molar-refractivity contribution is 5.71. The van der Waals surface area contributed by atoms with Crippen LogP contribution in [0.4, 0.5) is 0 Å². The lowest BCUT2D eigenvalue weighted by molar-refractivity contribution is -0.105. The summed E-state index contributed by atoms with van der Waals surface area (Å²) in [7, 11) is 0. The highest BCUT2D eigenvalue weighted by atomic mass is 16.1. The first-order valence-corrected chi connectivity index (χ1v) is 5.48. The summed E-state index contributed by atoms with van der Waals surface area (Å²) in [5, 5.41) is 0. The molecule has 0 aromatic carbocycles. The SMILES string of the molecule is C=C(C=O)CC/C=C(\C)CCC=C(C)C. The Morgan fingerprint density at radius 3 is 2.20 bits per heavy atom. The topological polar surface area (TPSA) is 17.1 Å². The van der Waals surface area contributed by atoms with Gasteiger partial charge in [-0.2, -0.15) is 0 Å². The van der Waals surface area contributed by atoms with E-state index in [0.717, 1.165) is 32.0 Å². The number of aldehydes is 1. The molecule has 0 heterocycles. The number of allylic oxidation sites excluding steroid dienone is 5. The molecule has 0 fully saturated rings. The second-order valence-corrected chi connectivity index (χ2v) is 4.19. The van der Waals surface area contributed by atoms with Gasteiger partial charge in [0.1, 0.15) is 6.29 Å². The molecule has 0 N–H and O–H groups in total. The molecule has 0 unspecified atom stereocenters. The van der Waals surface area contributed by atoms with Gasteiger partial charge in [0.2, 0.25) is 0 Å². The van der Waals surface area contributed by atoms with Crippen molar-refractivity contribution in [1.29, 1.82) is 0 Å². The zero-order valence-electron chi connectivity index (χ0n) is 10.2. The van der Waals surface area contributed by atoms with Gasteiger partial charge in [0.25, 0.3) is 0 Å². The first-order valence-electron chi connectivity index (χ1n) is 5.48. The van der Waals surface area contributed by atoms with Crippen LogP contribution in [0.5, 0.6) is 0 Å². The molecule has 0 aliphatic rings. The number of rotatable bonds is 7. The van der Waals surface area contributed by atoms with Crippen LogP contribution in [-0.4, -0.2) is 6.29 Å². The molecule has 0 aromatic rings. The van der Waals surface area contributed by atoms with Gasteiger partial charge < -0.3 is 0 Å². The van der Waals surface area contributed by atoms with Crippen molar-refractivity contribution in [2.24, 2.45) is 0 Å². The molecule has 0 aliphatic heterocycles. The summed E-state index contributed by atoms with van der Waals surface area (Å²) >= 11 is 0. The van der Waals surface area contributed by atoms with Gasteiger partial charge in [-0.05, 0) is 52.0 Å². The Morgan fingerprint density at radius 2 is 1.67 bits per heavy atom. The van der Waals surface area contributed by atoms with Crippen LogP contribution in [0, 0.1) is 0 Å². The monoisotopic (exact) mass is 206 g/mol. The van der Waals surface area contributed by atoms with Gasteiger partial charge >= 0.3 is 0 Å².